The Labute approximate surface area is 177 Å². The number of allylic oxidation sites excluding steroid dienone is 1. The maximum atomic E-state index is 10.6. The summed E-state index contributed by atoms with van der Waals surface area (Å²) in [4.78, 5) is 14.8. The average molecular weight is 434 g/mol. The van der Waals surface area contributed by atoms with Gasteiger partial charge in [-0.3, -0.25) is 9.79 Å². The maximum absolute atomic E-state index is 10.6. The summed E-state index contributed by atoms with van der Waals surface area (Å²) in [6.45, 7) is 8.07. The molecule has 152 valence electrons. The van der Waals surface area contributed by atoms with Gasteiger partial charge in [-0.2, -0.15) is 0 Å². The number of aliphatic carboxylic acids is 1. The van der Waals surface area contributed by atoms with Gasteiger partial charge in [0.2, 0.25) is 5.90 Å². The normalized spacial score (nSPS) is 12.0. The minimum Gasteiger partial charge on any atom is -0.481 e. The lowest BCUT2D eigenvalue weighted by Crippen LogP contribution is -2.08. The Kier molecular flexibility index (Phi) is 14.2. The summed E-state index contributed by atoms with van der Waals surface area (Å²) in [5.41, 5.74) is 1.79. The molecule has 1 rings (SSSR count). The van der Waals surface area contributed by atoms with Gasteiger partial charge in [-0.05, 0) is 50.0 Å². The van der Waals surface area contributed by atoms with E-state index < -0.39 is 5.97 Å². The smallest absolute Gasteiger partial charge is 0.303 e. The van der Waals surface area contributed by atoms with Crippen molar-refractivity contribution in [2.45, 2.75) is 53.4 Å². The van der Waals surface area contributed by atoms with Crippen molar-refractivity contribution in [1.29, 1.82) is 0 Å². The van der Waals surface area contributed by atoms with Gasteiger partial charge in [-0.15, -0.1) is 0 Å². The van der Waals surface area contributed by atoms with Crippen LogP contribution < -0.4 is 0 Å². The molecule has 1 aromatic carbocycles. The summed E-state index contributed by atoms with van der Waals surface area (Å²) in [6.07, 6.45) is 2.50. The average Bonchev–Trinajstić information content (AvgIpc) is 2.65. The number of halogens is 2. The van der Waals surface area contributed by atoms with E-state index in [2.05, 4.69) is 11.9 Å². The Morgan fingerprint density at radius 2 is 1.93 bits per heavy atom. The minimum absolute atomic E-state index is 0.190. The molecule has 0 bridgehead atoms. The van der Waals surface area contributed by atoms with Crippen molar-refractivity contribution >= 4 is 46.8 Å². The van der Waals surface area contributed by atoms with Crippen molar-refractivity contribution in [3.63, 3.8) is 0 Å². The van der Waals surface area contributed by atoms with E-state index >= 15 is 0 Å². The Morgan fingerprint density at radius 1 is 1.26 bits per heavy atom. The number of carboxylic acids is 1. The van der Waals surface area contributed by atoms with Crippen LogP contribution in [0.25, 0.3) is 0 Å². The predicted molar refractivity (Wildman–Crippen MR) is 118 cm³/mol. The van der Waals surface area contributed by atoms with Gasteiger partial charge in [-0.1, -0.05) is 55.7 Å². The fourth-order valence-electron chi connectivity index (χ4n) is 1.90. The Balaban J connectivity index is 0.00000326. The molecule has 0 radical (unpaired) electrons. The highest BCUT2D eigenvalue weighted by Gasteiger charge is 2.14. The predicted octanol–water partition coefficient (Wildman–Crippen LogP) is 7.04. The van der Waals surface area contributed by atoms with Crippen molar-refractivity contribution in [3.05, 3.63) is 44.5 Å². The van der Waals surface area contributed by atoms with Gasteiger partial charge in [0.1, 0.15) is 0 Å². The third-order valence-corrected chi connectivity index (χ3v) is 5.19. The highest BCUT2D eigenvalue weighted by Crippen LogP contribution is 2.28. The standard InChI is InChI=1S/C18H23Cl2NO3S.C2H6/c1-4-12(2)18(25-10-6-5-7-16(22)23)24-17(21-3)14-9-8-13(19)11-15(14)20;1-2/h8-9,11H,4-7,10H2,1-3H3,(H,22,23);1-2H3. The molecule has 0 spiro atoms. The first-order valence-electron chi connectivity index (χ1n) is 9.03. The van der Waals surface area contributed by atoms with E-state index in [-0.39, 0.29) is 6.42 Å². The van der Waals surface area contributed by atoms with Gasteiger partial charge in [0, 0.05) is 24.2 Å². The van der Waals surface area contributed by atoms with Crippen LogP contribution >= 0.6 is 35.0 Å². The van der Waals surface area contributed by atoms with E-state index in [0.717, 1.165) is 29.3 Å². The van der Waals surface area contributed by atoms with E-state index in [1.165, 1.54) is 0 Å². The van der Waals surface area contributed by atoms with Gasteiger partial charge >= 0.3 is 5.97 Å². The van der Waals surface area contributed by atoms with E-state index in [1.54, 1.807) is 37.0 Å². The molecule has 0 unspecified atom stereocenters. The number of rotatable bonds is 9. The summed E-state index contributed by atoms with van der Waals surface area (Å²) < 4.78 is 6.04. The first-order chi connectivity index (χ1) is 12.9. The SMILES string of the molecule is CC.CCC(C)=C(OC(=NC)c1ccc(Cl)cc1Cl)SCCCCC(=O)O. The second-order valence-corrected chi connectivity index (χ2v) is 7.29. The van der Waals surface area contributed by atoms with E-state index in [1.807, 2.05) is 20.8 Å². The van der Waals surface area contributed by atoms with Crippen molar-refractivity contribution in [1.82, 2.24) is 0 Å². The molecule has 0 aliphatic carbocycles. The van der Waals surface area contributed by atoms with E-state index in [9.17, 15) is 4.79 Å². The molecule has 0 atom stereocenters. The highest BCUT2D eigenvalue weighted by molar-refractivity contribution is 8.02. The van der Waals surface area contributed by atoms with Gasteiger partial charge in [-0.25, -0.2) is 0 Å². The first-order valence-corrected chi connectivity index (χ1v) is 10.8. The number of benzene rings is 1. The molecular weight excluding hydrogens is 405 g/mol. The molecule has 0 aliphatic rings. The molecule has 27 heavy (non-hydrogen) atoms. The summed E-state index contributed by atoms with van der Waals surface area (Å²) in [5, 5.41) is 10.5. The number of nitrogens with zero attached hydrogens (tertiary/aromatic N) is 1. The third kappa shape index (κ3) is 10.1. The lowest BCUT2D eigenvalue weighted by molar-refractivity contribution is -0.137. The highest BCUT2D eigenvalue weighted by atomic mass is 35.5. The number of aliphatic imine (C=N–C) groups is 1. The van der Waals surface area contributed by atoms with Gasteiger partial charge in [0.15, 0.2) is 5.09 Å². The molecule has 0 fully saturated rings. The maximum Gasteiger partial charge on any atom is 0.303 e. The number of ether oxygens (including phenoxy) is 1. The van der Waals surface area contributed by atoms with Crippen molar-refractivity contribution < 1.29 is 14.6 Å². The zero-order valence-electron chi connectivity index (χ0n) is 16.6. The Hall–Kier alpha value is -1.17. The van der Waals surface area contributed by atoms with Gasteiger partial charge in [0.25, 0.3) is 0 Å². The number of carboxylic acid groups (broad SMARTS) is 1. The summed E-state index contributed by atoms with van der Waals surface area (Å²) in [5.74, 6) is 0.452. The van der Waals surface area contributed by atoms with Crippen LogP contribution in [-0.2, 0) is 9.53 Å². The molecule has 0 aromatic heterocycles. The lowest BCUT2D eigenvalue weighted by Gasteiger charge is -2.15. The molecule has 0 saturated carbocycles. The van der Waals surface area contributed by atoms with Crippen LogP contribution in [0.4, 0.5) is 0 Å². The number of hydrogen-bond donors (Lipinski definition) is 1. The number of carbonyl (C=O) groups is 1. The number of unbranched alkanes of at least 4 members (excludes halogenated alkanes) is 1. The van der Waals surface area contributed by atoms with Crippen LogP contribution in [0.5, 0.6) is 0 Å². The van der Waals surface area contributed by atoms with Gasteiger partial charge in [0.05, 0.1) is 10.6 Å². The van der Waals surface area contributed by atoms with E-state index in [0.29, 0.717) is 27.9 Å². The molecule has 0 saturated heterocycles. The fourth-order valence-corrected chi connectivity index (χ4v) is 3.45. The molecule has 0 aliphatic heterocycles. The zero-order chi connectivity index (χ0) is 20.8. The summed E-state index contributed by atoms with van der Waals surface area (Å²) in [6, 6.07) is 5.18. The quantitative estimate of drug-likeness (QED) is 0.196. The van der Waals surface area contributed by atoms with Crippen LogP contribution in [0, 0.1) is 0 Å². The Morgan fingerprint density at radius 3 is 2.44 bits per heavy atom. The molecule has 7 heteroatoms. The second-order valence-electron chi connectivity index (χ2n) is 5.38. The molecular formula is C20H29Cl2NO3S. The second kappa shape index (κ2) is 14.8. The zero-order valence-corrected chi connectivity index (χ0v) is 19.0. The van der Waals surface area contributed by atoms with Crippen molar-refractivity contribution in [2.75, 3.05) is 12.8 Å². The first kappa shape index (κ1) is 25.8. The van der Waals surface area contributed by atoms with E-state index in [4.69, 9.17) is 33.0 Å². The molecule has 1 aromatic rings. The van der Waals surface area contributed by atoms with Crippen molar-refractivity contribution in [2.24, 2.45) is 4.99 Å². The lowest BCUT2D eigenvalue weighted by atomic mass is 10.2. The number of hydrogen-bond acceptors (Lipinski definition) is 4. The van der Waals surface area contributed by atoms with Crippen LogP contribution in [0.15, 0.2) is 33.9 Å². The van der Waals surface area contributed by atoms with Crippen molar-refractivity contribution in [3.8, 4) is 0 Å². The van der Waals surface area contributed by atoms with Crippen LogP contribution in [0.1, 0.15) is 58.9 Å². The third-order valence-electron chi connectivity index (χ3n) is 3.45. The molecule has 1 N–H and O–H groups in total. The summed E-state index contributed by atoms with van der Waals surface area (Å²) in [7, 11) is 1.65. The largest absolute Gasteiger partial charge is 0.481 e. The topological polar surface area (TPSA) is 58.9 Å². The number of thioether (sulfide) groups is 1. The summed E-state index contributed by atoms with van der Waals surface area (Å²) >= 11 is 13.8. The van der Waals surface area contributed by atoms with Crippen LogP contribution in [-0.4, -0.2) is 29.8 Å². The van der Waals surface area contributed by atoms with Crippen LogP contribution in [0.3, 0.4) is 0 Å². The molecule has 4 nitrogen and oxygen atoms in total. The van der Waals surface area contributed by atoms with Gasteiger partial charge < -0.3 is 9.84 Å². The molecule has 0 heterocycles. The minimum atomic E-state index is -0.764. The van der Waals surface area contributed by atoms with Crippen LogP contribution in [0.2, 0.25) is 10.0 Å². The molecule has 0 amide bonds. The Bertz CT molecular complexity index is 661. The monoisotopic (exact) mass is 433 g/mol. The fraction of sp³-hybridized carbons (Fsp3) is 0.500.